The molecule has 2 N–H and O–H groups in total. The van der Waals surface area contributed by atoms with Crippen LogP contribution in [-0.2, 0) is 13.5 Å². The summed E-state index contributed by atoms with van der Waals surface area (Å²) in [6, 6.07) is 8.37. The predicted molar refractivity (Wildman–Crippen MR) is 76.2 cm³/mol. The monoisotopic (exact) mass is 244 g/mol. The SMILES string of the molecule is CCc1nn(C)c(N(C)c2ccc(C)cc2)c1N. The van der Waals surface area contributed by atoms with Gasteiger partial charge in [-0.05, 0) is 25.5 Å². The molecule has 2 rings (SSSR count). The second-order valence-corrected chi connectivity index (χ2v) is 4.56. The molecule has 1 heterocycles. The van der Waals surface area contributed by atoms with Crippen LogP contribution in [0.2, 0.25) is 0 Å². The minimum absolute atomic E-state index is 0.767. The van der Waals surface area contributed by atoms with Crippen LogP contribution in [0.25, 0.3) is 0 Å². The summed E-state index contributed by atoms with van der Waals surface area (Å²) in [6.07, 6.45) is 0.849. The molecule has 1 aromatic carbocycles. The first-order valence-corrected chi connectivity index (χ1v) is 6.16. The van der Waals surface area contributed by atoms with Gasteiger partial charge in [0.15, 0.2) is 5.82 Å². The second kappa shape index (κ2) is 4.72. The number of nitrogens with two attached hydrogens (primary N) is 1. The fraction of sp³-hybridized carbons (Fsp3) is 0.357. The van der Waals surface area contributed by atoms with Crippen LogP contribution in [-0.4, -0.2) is 16.8 Å². The van der Waals surface area contributed by atoms with Crippen LogP contribution in [0, 0.1) is 6.92 Å². The van der Waals surface area contributed by atoms with Crippen molar-refractivity contribution in [2.45, 2.75) is 20.3 Å². The second-order valence-electron chi connectivity index (χ2n) is 4.56. The standard InChI is InChI=1S/C14H20N4/c1-5-12-13(15)14(18(4)16-12)17(3)11-8-6-10(2)7-9-11/h6-9H,5,15H2,1-4H3. The first kappa shape index (κ1) is 12.5. The molecule has 0 aliphatic carbocycles. The Morgan fingerprint density at radius 3 is 2.39 bits per heavy atom. The third-order valence-electron chi connectivity index (χ3n) is 3.20. The fourth-order valence-corrected chi connectivity index (χ4v) is 2.14. The molecular formula is C14H20N4. The predicted octanol–water partition coefficient (Wildman–Crippen LogP) is 2.64. The van der Waals surface area contributed by atoms with Gasteiger partial charge in [0.25, 0.3) is 0 Å². The number of aryl methyl sites for hydroxylation is 3. The van der Waals surface area contributed by atoms with E-state index in [1.165, 1.54) is 5.56 Å². The summed E-state index contributed by atoms with van der Waals surface area (Å²) in [7, 11) is 3.94. The maximum absolute atomic E-state index is 6.16. The number of aromatic nitrogens is 2. The smallest absolute Gasteiger partial charge is 0.154 e. The molecule has 4 heteroatoms. The lowest BCUT2D eigenvalue weighted by molar-refractivity contribution is 0.741. The van der Waals surface area contributed by atoms with E-state index < -0.39 is 0 Å². The van der Waals surface area contributed by atoms with Crippen LogP contribution in [0.5, 0.6) is 0 Å². The largest absolute Gasteiger partial charge is 0.394 e. The van der Waals surface area contributed by atoms with Crippen molar-refractivity contribution >= 4 is 17.2 Å². The Bertz CT molecular complexity index is 540. The third kappa shape index (κ3) is 2.06. The van der Waals surface area contributed by atoms with Crippen LogP contribution in [0.4, 0.5) is 17.2 Å². The maximum atomic E-state index is 6.16. The molecular weight excluding hydrogens is 224 g/mol. The quantitative estimate of drug-likeness (QED) is 0.903. The van der Waals surface area contributed by atoms with E-state index in [0.29, 0.717) is 0 Å². The molecule has 0 radical (unpaired) electrons. The van der Waals surface area contributed by atoms with E-state index in [4.69, 9.17) is 5.73 Å². The Morgan fingerprint density at radius 1 is 1.28 bits per heavy atom. The summed E-state index contributed by atoms with van der Waals surface area (Å²) in [6.45, 7) is 4.14. The van der Waals surface area contributed by atoms with Gasteiger partial charge in [0, 0.05) is 19.8 Å². The first-order valence-electron chi connectivity index (χ1n) is 6.16. The number of anilines is 3. The number of benzene rings is 1. The van der Waals surface area contributed by atoms with Crippen molar-refractivity contribution in [2.75, 3.05) is 17.7 Å². The van der Waals surface area contributed by atoms with Gasteiger partial charge < -0.3 is 10.6 Å². The zero-order valence-electron chi connectivity index (χ0n) is 11.4. The van der Waals surface area contributed by atoms with Gasteiger partial charge in [0.2, 0.25) is 0 Å². The summed E-state index contributed by atoms with van der Waals surface area (Å²) in [5.41, 5.74) is 10.2. The lowest BCUT2D eigenvalue weighted by atomic mass is 10.2. The summed E-state index contributed by atoms with van der Waals surface area (Å²) in [5, 5.41) is 4.44. The van der Waals surface area contributed by atoms with Gasteiger partial charge in [-0.1, -0.05) is 24.6 Å². The van der Waals surface area contributed by atoms with E-state index >= 15 is 0 Å². The van der Waals surface area contributed by atoms with E-state index in [9.17, 15) is 0 Å². The number of nitrogen functional groups attached to an aromatic ring is 1. The van der Waals surface area contributed by atoms with Crippen LogP contribution >= 0.6 is 0 Å². The van der Waals surface area contributed by atoms with Crippen molar-refractivity contribution < 1.29 is 0 Å². The van der Waals surface area contributed by atoms with Crippen molar-refractivity contribution in [3.05, 3.63) is 35.5 Å². The minimum atomic E-state index is 0.767. The van der Waals surface area contributed by atoms with E-state index in [1.807, 2.05) is 18.8 Å². The van der Waals surface area contributed by atoms with E-state index in [0.717, 1.165) is 29.3 Å². The van der Waals surface area contributed by atoms with Crippen LogP contribution < -0.4 is 10.6 Å². The van der Waals surface area contributed by atoms with Gasteiger partial charge in [-0.3, -0.25) is 4.68 Å². The maximum Gasteiger partial charge on any atom is 0.154 e. The zero-order chi connectivity index (χ0) is 13.3. The number of hydrogen-bond acceptors (Lipinski definition) is 3. The van der Waals surface area contributed by atoms with Gasteiger partial charge in [-0.15, -0.1) is 0 Å². The highest BCUT2D eigenvalue weighted by Gasteiger charge is 2.16. The van der Waals surface area contributed by atoms with Crippen molar-refractivity contribution in [3.63, 3.8) is 0 Å². The molecule has 0 atom stereocenters. The average molecular weight is 244 g/mol. The van der Waals surface area contributed by atoms with Gasteiger partial charge in [0.1, 0.15) is 0 Å². The fourth-order valence-electron chi connectivity index (χ4n) is 2.14. The minimum Gasteiger partial charge on any atom is -0.394 e. The van der Waals surface area contributed by atoms with Crippen molar-refractivity contribution in [3.8, 4) is 0 Å². The first-order chi connectivity index (χ1) is 8.54. The normalized spacial score (nSPS) is 10.7. The molecule has 2 aromatic rings. The van der Waals surface area contributed by atoms with Gasteiger partial charge in [-0.2, -0.15) is 5.10 Å². The molecule has 0 bridgehead atoms. The highest BCUT2D eigenvalue weighted by atomic mass is 15.4. The molecule has 18 heavy (non-hydrogen) atoms. The van der Waals surface area contributed by atoms with Crippen molar-refractivity contribution in [1.82, 2.24) is 9.78 Å². The Balaban J connectivity index is 2.42. The molecule has 0 amide bonds. The summed E-state index contributed by atoms with van der Waals surface area (Å²) < 4.78 is 1.84. The van der Waals surface area contributed by atoms with E-state index in [2.05, 4.69) is 48.1 Å². The summed E-state index contributed by atoms with van der Waals surface area (Å²) in [5.74, 6) is 0.940. The molecule has 0 unspecified atom stereocenters. The molecule has 96 valence electrons. The Morgan fingerprint density at radius 2 is 1.89 bits per heavy atom. The van der Waals surface area contributed by atoms with E-state index in [1.54, 1.807) is 0 Å². The molecule has 0 aliphatic rings. The lowest BCUT2D eigenvalue weighted by Crippen LogP contribution is -2.15. The Kier molecular flexibility index (Phi) is 3.28. The average Bonchev–Trinajstić information content (AvgIpc) is 2.64. The van der Waals surface area contributed by atoms with Crippen LogP contribution in [0.15, 0.2) is 24.3 Å². The van der Waals surface area contributed by atoms with Crippen molar-refractivity contribution in [2.24, 2.45) is 7.05 Å². The van der Waals surface area contributed by atoms with Gasteiger partial charge >= 0.3 is 0 Å². The zero-order valence-corrected chi connectivity index (χ0v) is 11.4. The Hall–Kier alpha value is -1.97. The molecule has 0 saturated heterocycles. The summed E-state index contributed by atoms with van der Waals surface area (Å²) in [4.78, 5) is 2.07. The highest BCUT2D eigenvalue weighted by molar-refractivity contribution is 5.73. The molecule has 0 saturated carbocycles. The van der Waals surface area contributed by atoms with Crippen molar-refractivity contribution in [1.29, 1.82) is 0 Å². The number of hydrogen-bond donors (Lipinski definition) is 1. The Labute approximate surface area is 108 Å². The lowest BCUT2D eigenvalue weighted by Gasteiger charge is -2.20. The molecule has 0 spiro atoms. The summed E-state index contributed by atoms with van der Waals surface area (Å²) >= 11 is 0. The van der Waals surface area contributed by atoms with Crippen LogP contribution in [0.3, 0.4) is 0 Å². The van der Waals surface area contributed by atoms with Gasteiger partial charge in [-0.25, -0.2) is 0 Å². The highest BCUT2D eigenvalue weighted by Crippen LogP contribution is 2.30. The molecule has 0 fully saturated rings. The number of nitrogens with zero attached hydrogens (tertiary/aromatic N) is 3. The van der Waals surface area contributed by atoms with Gasteiger partial charge in [0.05, 0.1) is 11.4 Å². The van der Waals surface area contributed by atoms with Crippen LogP contribution in [0.1, 0.15) is 18.2 Å². The molecule has 0 aliphatic heterocycles. The molecule has 1 aromatic heterocycles. The van der Waals surface area contributed by atoms with E-state index in [-0.39, 0.29) is 0 Å². The topological polar surface area (TPSA) is 47.1 Å². The molecule has 4 nitrogen and oxygen atoms in total. The number of rotatable bonds is 3. The third-order valence-corrected chi connectivity index (χ3v) is 3.20.